The van der Waals surface area contributed by atoms with Crippen LogP contribution in [-0.4, -0.2) is 37.5 Å². The highest BCUT2D eigenvalue weighted by molar-refractivity contribution is 6.39. The molecule has 3 aliphatic heterocycles. The van der Waals surface area contributed by atoms with E-state index < -0.39 is 17.8 Å². The minimum atomic E-state index is -0.769. The lowest BCUT2D eigenvalue weighted by Crippen LogP contribution is -2.54. The molecule has 8 nitrogen and oxygen atoms in total. The molecule has 260 valence electrons. The number of benzene rings is 5. The molecule has 0 unspecified atom stereocenters. The Morgan fingerprint density at radius 2 is 1.31 bits per heavy atom. The third-order valence-electron chi connectivity index (χ3n) is 10.2. The van der Waals surface area contributed by atoms with Gasteiger partial charge in [-0.25, -0.2) is 9.69 Å². The molecule has 8 heteroatoms. The van der Waals surface area contributed by atoms with Gasteiger partial charge in [0.2, 0.25) is 0 Å². The smallest absolute Gasteiger partial charge is 0.335 e. The van der Waals surface area contributed by atoms with E-state index in [0.717, 1.165) is 47.5 Å². The molecule has 0 spiro atoms. The highest BCUT2D eigenvalue weighted by Crippen LogP contribution is 2.50. The molecule has 3 aliphatic rings. The first-order valence-corrected chi connectivity index (χ1v) is 17.9. The average Bonchev–Trinajstić information content (AvgIpc) is 3.17. The van der Waals surface area contributed by atoms with Crippen molar-refractivity contribution in [2.45, 2.75) is 38.2 Å². The molecule has 3 heterocycles. The molecule has 0 saturated carbocycles. The van der Waals surface area contributed by atoms with Crippen LogP contribution in [0.15, 0.2) is 127 Å². The second kappa shape index (κ2) is 14.2. The summed E-state index contributed by atoms with van der Waals surface area (Å²) in [6.07, 6.45) is 3.32. The number of barbiturate groups is 1. The number of hydrogen-bond donors (Lipinski definition) is 1. The standard InChI is InChI=1S/C44H39N3O5/c1-2-51-40-25-30(18-19-39(40)52-28-29-12-6-3-7-13-29)24-38-42(48)45-44(50)47(43(38)49)33-26-36-34(31-14-8-4-9-15-31)20-22-46-23-21-35(37(27-33)41(36)46)32-16-10-5-11-17-32/h3-19,24-27,34-35H,2,20-23,28H2,1H3,(H,45,48,50)/b38-24+/t34-,35-/m0/s1. The normalized spacial score (nSPS) is 18.9. The lowest BCUT2D eigenvalue weighted by atomic mass is 9.76. The van der Waals surface area contributed by atoms with Crippen LogP contribution in [0.2, 0.25) is 0 Å². The second-order valence-corrected chi connectivity index (χ2v) is 13.3. The van der Waals surface area contributed by atoms with E-state index in [4.69, 9.17) is 9.47 Å². The third-order valence-corrected chi connectivity index (χ3v) is 10.2. The Labute approximate surface area is 303 Å². The van der Waals surface area contributed by atoms with Gasteiger partial charge < -0.3 is 14.4 Å². The van der Waals surface area contributed by atoms with E-state index in [-0.39, 0.29) is 17.4 Å². The Balaban J connectivity index is 1.18. The molecule has 1 N–H and O–H groups in total. The van der Waals surface area contributed by atoms with Crippen molar-refractivity contribution in [3.63, 3.8) is 0 Å². The number of ether oxygens (including phenoxy) is 2. The first-order chi connectivity index (χ1) is 25.5. The van der Waals surface area contributed by atoms with Gasteiger partial charge in [-0.15, -0.1) is 0 Å². The summed E-state index contributed by atoms with van der Waals surface area (Å²) in [6.45, 7) is 4.48. The van der Waals surface area contributed by atoms with Gasteiger partial charge >= 0.3 is 6.03 Å². The van der Waals surface area contributed by atoms with Crippen LogP contribution in [0.1, 0.15) is 65.0 Å². The van der Waals surface area contributed by atoms with Crippen molar-refractivity contribution in [2.75, 3.05) is 29.5 Å². The fourth-order valence-electron chi connectivity index (χ4n) is 7.76. The van der Waals surface area contributed by atoms with Crippen LogP contribution < -0.4 is 24.6 Å². The molecule has 0 aromatic heterocycles. The lowest BCUT2D eigenvalue weighted by molar-refractivity contribution is -0.122. The predicted molar refractivity (Wildman–Crippen MR) is 202 cm³/mol. The van der Waals surface area contributed by atoms with Crippen molar-refractivity contribution in [2.24, 2.45) is 0 Å². The zero-order valence-electron chi connectivity index (χ0n) is 29.0. The van der Waals surface area contributed by atoms with Crippen molar-refractivity contribution in [1.82, 2.24) is 5.32 Å². The molecular weight excluding hydrogens is 651 g/mol. The molecule has 52 heavy (non-hydrogen) atoms. The van der Waals surface area contributed by atoms with Crippen LogP contribution in [0.25, 0.3) is 6.08 Å². The molecule has 2 atom stereocenters. The first kappa shape index (κ1) is 33.0. The molecule has 1 saturated heterocycles. The van der Waals surface area contributed by atoms with Crippen LogP contribution in [-0.2, 0) is 16.2 Å². The van der Waals surface area contributed by atoms with E-state index in [1.807, 2.05) is 85.8 Å². The highest BCUT2D eigenvalue weighted by Gasteiger charge is 2.40. The molecule has 4 amide bonds. The number of imide groups is 2. The van der Waals surface area contributed by atoms with Crippen LogP contribution >= 0.6 is 0 Å². The topological polar surface area (TPSA) is 88.2 Å². The zero-order valence-corrected chi connectivity index (χ0v) is 29.0. The number of rotatable bonds is 9. The van der Waals surface area contributed by atoms with Crippen molar-refractivity contribution in [3.8, 4) is 11.5 Å². The molecule has 5 aromatic rings. The molecular formula is C44H39N3O5. The van der Waals surface area contributed by atoms with Gasteiger partial charge in [0.25, 0.3) is 11.8 Å². The SMILES string of the molecule is CCOc1cc(/C=C2\C(=O)NC(=O)N(c3cc4c5c(c3)[C@H](c3ccccc3)CCN5CC[C@H]4c3ccccc3)C2=O)ccc1OCc1ccccc1. The average molecular weight is 690 g/mol. The van der Waals surface area contributed by atoms with Crippen LogP contribution in [0.3, 0.4) is 0 Å². The van der Waals surface area contributed by atoms with Crippen molar-refractivity contribution < 1.29 is 23.9 Å². The third kappa shape index (κ3) is 6.32. The van der Waals surface area contributed by atoms with Gasteiger partial charge in [0, 0.05) is 30.6 Å². The van der Waals surface area contributed by atoms with E-state index in [9.17, 15) is 14.4 Å². The van der Waals surface area contributed by atoms with E-state index >= 15 is 0 Å². The molecule has 0 bridgehead atoms. The molecule has 1 fully saturated rings. The Morgan fingerprint density at radius 3 is 1.90 bits per heavy atom. The van der Waals surface area contributed by atoms with Crippen molar-refractivity contribution in [3.05, 3.63) is 160 Å². The summed E-state index contributed by atoms with van der Waals surface area (Å²) in [4.78, 5) is 44.8. The number of nitrogens with zero attached hydrogens (tertiary/aromatic N) is 2. The van der Waals surface area contributed by atoms with Gasteiger partial charge in [-0.2, -0.15) is 0 Å². The number of amides is 4. The highest BCUT2D eigenvalue weighted by atomic mass is 16.5. The van der Waals surface area contributed by atoms with E-state index in [2.05, 4.69) is 34.5 Å². The van der Waals surface area contributed by atoms with Gasteiger partial charge in [-0.1, -0.05) is 97.1 Å². The summed E-state index contributed by atoms with van der Waals surface area (Å²) in [5.41, 5.74) is 7.60. The number of urea groups is 1. The molecule has 0 aliphatic carbocycles. The van der Waals surface area contributed by atoms with Gasteiger partial charge in [0.15, 0.2) is 11.5 Å². The second-order valence-electron chi connectivity index (χ2n) is 13.3. The first-order valence-electron chi connectivity index (χ1n) is 17.9. The Kier molecular flexibility index (Phi) is 9.04. The lowest BCUT2D eigenvalue weighted by Gasteiger charge is -2.44. The van der Waals surface area contributed by atoms with Crippen LogP contribution in [0, 0.1) is 0 Å². The maximum absolute atomic E-state index is 14.3. The van der Waals surface area contributed by atoms with Crippen LogP contribution in [0.4, 0.5) is 16.2 Å². The number of carbonyl (C=O) groups excluding carboxylic acids is 3. The summed E-state index contributed by atoms with van der Waals surface area (Å²) >= 11 is 0. The number of anilines is 2. The minimum Gasteiger partial charge on any atom is -0.490 e. The summed E-state index contributed by atoms with van der Waals surface area (Å²) in [6, 6.07) is 39.1. The predicted octanol–water partition coefficient (Wildman–Crippen LogP) is 8.21. The summed E-state index contributed by atoms with van der Waals surface area (Å²) in [5, 5.41) is 2.44. The van der Waals surface area contributed by atoms with Crippen LogP contribution in [0.5, 0.6) is 11.5 Å². The molecule has 5 aromatic carbocycles. The quantitative estimate of drug-likeness (QED) is 0.124. The zero-order chi connectivity index (χ0) is 35.6. The van der Waals surface area contributed by atoms with Gasteiger partial charge in [-0.05, 0) is 83.5 Å². The van der Waals surface area contributed by atoms with Gasteiger partial charge in [0.1, 0.15) is 12.2 Å². The van der Waals surface area contributed by atoms with E-state index in [0.29, 0.717) is 36.0 Å². The molecule has 0 radical (unpaired) electrons. The monoisotopic (exact) mass is 689 g/mol. The van der Waals surface area contributed by atoms with E-state index in [1.165, 1.54) is 22.9 Å². The minimum absolute atomic E-state index is 0.0832. The maximum Gasteiger partial charge on any atom is 0.335 e. The number of nitrogens with one attached hydrogen (secondary N) is 1. The Morgan fingerprint density at radius 1 is 0.712 bits per heavy atom. The number of hydrogen-bond acceptors (Lipinski definition) is 6. The summed E-state index contributed by atoms with van der Waals surface area (Å²) in [5.74, 6) is -0.230. The maximum atomic E-state index is 14.3. The Hall–Kier alpha value is -6.15. The summed E-state index contributed by atoms with van der Waals surface area (Å²) in [7, 11) is 0. The van der Waals surface area contributed by atoms with Gasteiger partial charge in [0.05, 0.1) is 12.3 Å². The molecule has 8 rings (SSSR count). The Bertz CT molecular complexity index is 2090. The fraction of sp³-hybridized carbons (Fsp3) is 0.205. The largest absolute Gasteiger partial charge is 0.490 e. The van der Waals surface area contributed by atoms with Gasteiger partial charge in [-0.3, -0.25) is 14.9 Å². The number of carbonyl (C=O) groups is 3. The fourth-order valence-corrected chi connectivity index (χ4v) is 7.76. The van der Waals surface area contributed by atoms with Crippen molar-refractivity contribution in [1.29, 1.82) is 0 Å². The van der Waals surface area contributed by atoms with E-state index in [1.54, 1.807) is 18.2 Å². The van der Waals surface area contributed by atoms with Crippen molar-refractivity contribution >= 4 is 35.3 Å². The summed E-state index contributed by atoms with van der Waals surface area (Å²) < 4.78 is 12.0.